The fraction of sp³-hybridized carbons (Fsp3) is 0.143. The molecule has 7 heteroatoms. The van der Waals surface area contributed by atoms with Gasteiger partial charge in [0, 0.05) is 20.5 Å². The number of benzene rings is 1. The molecule has 2 heterocycles. The number of halogens is 2. The molecular formula is C14H12ClIN4S. The van der Waals surface area contributed by atoms with Crippen LogP contribution in [0.15, 0.2) is 24.3 Å². The van der Waals surface area contributed by atoms with Gasteiger partial charge in [0.2, 0.25) is 5.95 Å². The van der Waals surface area contributed by atoms with Gasteiger partial charge in [0.25, 0.3) is 0 Å². The van der Waals surface area contributed by atoms with Crippen LogP contribution in [0.25, 0.3) is 10.2 Å². The van der Waals surface area contributed by atoms with Crippen molar-refractivity contribution in [2.45, 2.75) is 6.92 Å². The highest BCUT2D eigenvalue weighted by molar-refractivity contribution is 14.1. The van der Waals surface area contributed by atoms with Crippen LogP contribution in [0.3, 0.4) is 0 Å². The van der Waals surface area contributed by atoms with Crippen LogP contribution in [0, 0.1) is 10.5 Å². The van der Waals surface area contributed by atoms with Gasteiger partial charge in [0.15, 0.2) is 0 Å². The summed E-state index contributed by atoms with van der Waals surface area (Å²) in [5, 5.41) is 8.13. The molecule has 0 fully saturated rings. The quantitative estimate of drug-likeness (QED) is 0.571. The first-order valence-electron chi connectivity index (χ1n) is 6.25. The van der Waals surface area contributed by atoms with Crippen molar-refractivity contribution in [3.8, 4) is 0 Å². The van der Waals surface area contributed by atoms with E-state index < -0.39 is 0 Å². The van der Waals surface area contributed by atoms with Crippen molar-refractivity contribution in [2.24, 2.45) is 0 Å². The third-order valence-electron chi connectivity index (χ3n) is 2.92. The van der Waals surface area contributed by atoms with E-state index in [9.17, 15) is 0 Å². The Labute approximate surface area is 145 Å². The van der Waals surface area contributed by atoms with Crippen LogP contribution in [-0.2, 0) is 0 Å². The van der Waals surface area contributed by atoms with Gasteiger partial charge in [-0.05, 0) is 53.8 Å². The van der Waals surface area contributed by atoms with Crippen molar-refractivity contribution in [1.82, 2.24) is 9.97 Å². The second-order valence-corrected chi connectivity index (χ2v) is 7.30. The monoisotopic (exact) mass is 430 g/mol. The van der Waals surface area contributed by atoms with Gasteiger partial charge in [-0.25, -0.2) is 4.98 Å². The second kappa shape index (κ2) is 5.94. The van der Waals surface area contributed by atoms with Gasteiger partial charge in [-0.1, -0.05) is 11.6 Å². The van der Waals surface area contributed by atoms with Crippen molar-refractivity contribution < 1.29 is 0 Å². The van der Waals surface area contributed by atoms with E-state index >= 15 is 0 Å². The SMILES string of the molecule is CNc1nc(Nc2ccc(Cl)cc2I)c2cc(C)sc2n1. The Bertz CT molecular complexity index is 818. The van der Waals surface area contributed by atoms with Crippen LogP contribution in [0.5, 0.6) is 0 Å². The maximum atomic E-state index is 6.00. The molecule has 0 atom stereocenters. The van der Waals surface area contributed by atoms with Gasteiger partial charge >= 0.3 is 0 Å². The lowest BCUT2D eigenvalue weighted by atomic mass is 10.3. The molecule has 0 aliphatic heterocycles. The molecule has 0 aliphatic rings. The molecule has 21 heavy (non-hydrogen) atoms. The number of thiophene rings is 1. The Kier molecular flexibility index (Phi) is 4.19. The minimum absolute atomic E-state index is 0.607. The van der Waals surface area contributed by atoms with E-state index in [0.29, 0.717) is 5.95 Å². The summed E-state index contributed by atoms with van der Waals surface area (Å²) in [7, 11) is 1.82. The molecule has 0 saturated heterocycles. The van der Waals surface area contributed by atoms with E-state index in [2.05, 4.69) is 56.2 Å². The van der Waals surface area contributed by atoms with Crippen molar-refractivity contribution in [2.75, 3.05) is 17.7 Å². The van der Waals surface area contributed by atoms with Gasteiger partial charge in [-0.3, -0.25) is 0 Å². The van der Waals surface area contributed by atoms with Gasteiger partial charge in [0.1, 0.15) is 10.6 Å². The lowest BCUT2D eigenvalue weighted by Gasteiger charge is -2.10. The van der Waals surface area contributed by atoms with E-state index in [1.807, 2.05) is 25.2 Å². The number of rotatable bonds is 3. The number of nitrogens with zero attached hydrogens (tertiary/aromatic N) is 2. The topological polar surface area (TPSA) is 49.8 Å². The zero-order chi connectivity index (χ0) is 15.0. The fourth-order valence-electron chi connectivity index (χ4n) is 1.97. The summed E-state index contributed by atoms with van der Waals surface area (Å²) >= 11 is 9.91. The molecule has 0 aliphatic carbocycles. The lowest BCUT2D eigenvalue weighted by molar-refractivity contribution is 1.20. The number of hydrogen-bond acceptors (Lipinski definition) is 5. The fourth-order valence-corrected chi connectivity index (χ4v) is 3.85. The maximum Gasteiger partial charge on any atom is 0.225 e. The molecule has 108 valence electrons. The van der Waals surface area contributed by atoms with Crippen LogP contribution in [0.4, 0.5) is 17.5 Å². The minimum Gasteiger partial charge on any atom is -0.357 e. The van der Waals surface area contributed by atoms with Crippen LogP contribution in [0.2, 0.25) is 5.02 Å². The van der Waals surface area contributed by atoms with Crippen LogP contribution in [-0.4, -0.2) is 17.0 Å². The summed E-state index contributed by atoms with van der Waals surface area (Å²) in [5.74, 6) is 1.41. The molecule has 0 radical (unpaired) electrons. The van der Waals surface area contributed by atoms with Crippen LogP contribution < -0.4 is 10.6 Å². The van der Waals surface area contributed by atoms with Crippen molar-refractivity contribution >= 4 is 73.2 Å². The molecule has 4 nitrogen and oxygen atoms in total. The zero-order valence-corrected chi connectivity index (χ0v) is 15.1. The highest BCUT2D eigenvalue weighted by Crippen LogP contribution is 2.32. The van der Waals surface area contributed by atoms with E-state index in [0.717, 1.165) is 30.3 Å². The smallest absolute Gasteiger partial charge is 0.225 e. The summed E-state index contributed by atoms with van der Waals surface area (Å²) in [5.41, 5.74) is 0.978. The Hall–Kier alpha value is -1.12. The molecule has 0 amide bonds. The van der Waals surface area contributed by atoms with Gasteiger partial charge < -0.3 is 10.6 Å². The lowest BCUT2D eigenvalue weighted by Crippen LogP contribution is -2.01. The maximum absolute atomic E-state index is 6.00. The minimum atomic E-state index is 0.607. The Balaban J connectivity index is 2.10. The van der Waals surface area contributed by atoms with E-state index in [-0.39, 0.29) is 0 Å². The standard InChI is InChI=1S/C14H12ClIN4S/c1-7-5-9-12(19-14(17-2)20-13(9)21-7)18-11-4-3-8(15)6-10(11)16/h3-6H,1-2H3,(H2,17,18,19,20). The largest absolute Gasteiger partial charge is 0.357 e. The normalized spacial score (nSPS) is 10.9. The summed E-state index contributed by atoms with van der Waals surface area (Å²) in [6.07, 6.45) is 0. The average Bonchev–Trinajstić information content (AvgIpc) is 2.82. The third kappa shape index (κ3) is 3.07. The molecule has 3 aromatic rings. The predicted octanol–water partition coefficient (Wildman–Crippen LogP) is 5.04. The zero-order valence-electron chi connectivity index (χ0n) is 11.4. The van der Waals surface area contributed by atoms with E-state index in [1.165, 1.54) is 4.88 Å². The molecule has 0 saturated carbocycles. The third-order valence-corrected chi connectivity index (χ3v) is 5.00. The highest BCUT2D eigenvalue weighted by atomic mass is 127. The summed E-state index contributed by atoms with van der Waals surface area (Å²) < 4.78 is 1.05. The summed E-state index contributed by atoms with van der Waals surface area (Å²) in [6.45, 7) is 2.07. The first-order chi connectivity index (χ1) is 10.1. The molecule has 2 aromatic heterocycles. The summed E-state index contributed by atoms with van der Waals surface area (Å²) in [6, 6.07) is 7.84. The molecule has 3 rings (SSSR count). The molecule has 0 spiro atoms. The number of aromatic nitrogens is 2. The molecule has 0 bridgehead atoms. The summed E-state index contributed by atoms with van der Waals surface area (Å²) in [4.78, 5) is 11.2. The Morgan fingerprint density at radius 1 is 1.24 bits per heavy atom. The average molecular weight is 431 g/mol. The predicted molar refractivity (Wildman–Crippen MR) is 99.2 cm³/mol. The van der Waals surface area contributed by atoms with Gasteiger partial charge in [0.05, 0.1) is 11.1 Å². The Morgan fingerprint density at radius 3 is 2.76 bits per heavy atom. The van der Waals surface area contributed by atoms with E-state index in [4.69, 9.17) is 11.6 Å². The number of fused-ring (bicyclic) bond motifs is 1. The number of nitrogens with one attached hydrogen (secondary N) is 2. The molecule has 1 aromatic carbocycles. The Morgan fingerprint density at radius 2 is 2.05 bits per heavy atom. The van der Waals surface area contributed by atoms with Crippen molar-refractivity contribution in [3.63, 3.8) is 0 Å². The van der Waals surface area contributed by atoms with Crippen molar-refractivity contribution in [1.29, 1.82) is 0 Å². The molecular weight excluding hydrogens is 419 g/mol. The second-order valence-electron chi connectivity index (χ2n) is 4.47. The van der Waals surface area contributed by atoms with Crippen molar-refractivity contribution in [3.05, 3.63) is 37.7 Å². The molecule has 2 N–H and O–H groups in total. The number of anilines is 3. The van der Waals surface area contributed by atoms with Gasteiger partial charge in [-0.15, -0.1) is 11.3 Å². The number of aryl methyl sites for hydroxylation is 1. The van der Waals surface area contributed by atoms with Gasteiger partial charge in [-0.2, -0.15) is 4.98 Å². The number of hydrogen-bond donors (Lipinski definition) is 2. The first-order valence-corrected chi connectivity index (χ1v) is 8.52. The molecule has 0 unspecified atom stereocenters. The van der Waals surface area contributed by atoms with E-state index in [1.54, 1.807) is 11.3 Å². The van der Waals surface area contributed by atoms with Crippen LogP contribution in [0.1, 0.15) is 4.88 Å². The first kappa shape index (κ1) is 14.8. The van der Waals surface area contributed by atoms with Crippen LogP contribution >= 0.6 is 45.5 Å². The highest BCUT2D eigenvalue weighted by Gasteiger charge is 2.11.